The SMILES string of the molecule is CC(=S)NC(CS)C(=O)OC(=O)c1ccccc1C. The van der Waals surface area contributed by atoms with E-state index < -0.39 is 18.0 Å². The smallest absolute Gasteiger partial charge is 0.346 e. The second-order valence-electron chi connectivity index (χ2n) is 3.96. The Balaban J connectivity index is 2.73. The van der Waals surface area contributed by atoms with Gasteiger partial charge in [-0.2, -0.15) is 12.6 Å². The van der Waals surface area contributed by atoms with Crippen LogP contribution in [-0.2, 0) is 9.53 Å². The van der Waals surface area contributed by atoms with Gasteiger partial charge in [-0.25, -0.2) is 9.59 Å². The molecule has 1 atom stereocenters. The van der Waals surface area contributed by atoms with Gasteiger partial charge in [-0.3, -0.25) is 0 Å². The molecule has 1 rings (SSSR count). The average Bonchev–Trinajstić information content (AvgIpc) is 2.35. The highest BCUT2D eigenvalue weighted by atomic mass is 32.1. The Morgan fingerprint density at radius 3 is 2.58 bits per heavy atom. The molecule has 0 aliphatic heterocycles. The molecule has 0 amide bonds. The molecule has 0 aliphatic rings. The van der Waals surface area contributed by atoms with Crippen LogP contribution in [0.25, 0.3) is 0 Å². The van der Waals surface area contributed by atoms with Gasteiger partial charge in [-0.05, 0) is 25.5 Å². The van der Waals surface area contributed by atoms with Crippen molar-refractivity contribution < 1.29 is 14.3 Å². The van der Waals surface area contributed by atoms with Crippen LogP contribution in [0.15, 0.2) is 24.3 Å². The summed E-state index contributed by atoms with van der Waals surface area (Å²) in [7, 11) is 0. The fourth-order valence-electron chi connectivity index (χ4n) is 1.44. The number of hydrogen-bond acceptors (Lipinski definition) is 5. The fraction of sp³-hybridized carbons (Fsp3) is 0.308. The lowest BCUT2D eigenvalue weighted by Gasteiger charge is -2.15. The van der Waals surface area contributed by atoms with Crippen LogP contribution >= 0.6 is 24.8 Å². The van der Waals surface area contributed by atoms with Crippen molar-refractivity contribution in [2.45, 2.75) is 19.9 Å². The van der Waals surface area contributed by atoms with E-state index in [4.69, 9.17) is 17.0 Å². The molecule has 0 radical (unpaired) electrons. The summed E-state index contributed by atoms with van der Waals surface area (Å²) >= 11 is 8.87. The molecule has 1 aromatic carbocycles. The number of hydrogen-bond donors (Lipinski definition) is 2. The van der Waals surface area contributed by atoms with Crippen LogP contribution in [0.2, 0.25) is 0 Å². The van der Waals surface area contributed by atoms with E-state index in [1.807, 2.05) is 6.07 Å². The van der Waals surface area contributed by atoms with Crippen LogP contribution in [0.4, 0.5) is 0 Å². The Bertz CT molecular complexity index is 502. The van der Waals surface area contributed by atoms with Crippen molar-refractivity contribution in [1.82, 2.24) is 5.32 Å². The lowest BCUT2D eigenvalue weighted by molar-refractivity contribution is -0.139. The Hall–Kier alpha value is -1.40. The summed E-state index contributed by atoms with van der Waals surface area (Å²) in [5.74, 6) is -1.17. The van der Waals surface area contributed by atoms with E-state index in [-0.39, 0.29) is 5.75 Å². The molecule has 4 nitrogen and oxygen atoms in total. The molecular weight excluding hydrogens is 282 g/mol. The average molecular weight is 297 g/mol. The van der Waals surface area contributed by atoms with Gasteiger partial charge in [-0.15, -0.1) is 0 Å². The van der Waals surface area contributed by atoms with Gasteiger partial charge in [0.15, 0.2) is 0 Å². The Kier molecular flexibility index (Phi) is 5.98. The van der Waals surface area contributed by atoms with Crippen molar-refractivity contribution >= 4 is 41.8 Å². The lowest BCUT2D eigenvalue weighted by atomic mass is 10.1. The second kappa shape index (κ2) is 7.25. The third-order valence-electron chi connectivity index (χ3n) is 2.40. The molecule has 1 aromatic rings. The van der Waals surface area contributed by atoms with E-state index in [1.165, 1.54) is 0 Å². The Labute approximate surface area is 122 Å². The summed E-state index contributed by atoms with van der Waals surface area (Å²) in [6.45, 7) is 3.42. The highest BCUT2D eigenvalue weighted by Crippen LogP contribution is 2.09. The zero-order chi connectivity index (χ0) is 14.4. The molecular formula is C13H15NO3S2. The normalized spacial score (nSPS) is 11.5. The van der Waals surface area contributed by atoms with Crippen LogP contribution in [0.3, 0.4) is 0 Å². The number of nitrogens with one attached hydrogen (secondary N) is 1. The fourth-order valence-corrected chi connectivity index (χ4v) is 1.83. The van der Waals surface area contributed by atoms with Gasteiger partial charge >= 0.3 is 11.9 Å². The first kappa shape index (κ1) is 15.7. The van der Waals surface area contributed by atoms with E-state index in [0.717, 1.165) is 5.56 Å². The number of esters is 2. The van der Waals surface area contributed by atoms with Gasteiger partial charge in [0.05, 0.1) is 10.6 Å². The van der Waals surface area contributed by atoms with Crippen molar-refractivity contribution in [2.75, 3.05) is 5.75 Å². The van der Waals surface area contributed by atoms with Crippen LogP contribution in [0.5, 0.6) is 0 Å². The number of aryl methyl sites for hydroxylation is 1. The summed E-state index contributed by atoms with van der Waals surface area (Å²) < 4.78 is 4.82. The number of carbonyl (C=O) groups excluding carboxylic acids is 2. The highest BCUT2D eigenvalue weighted by molar-refractivity contribution is 7.80. The Morgan fingerprint density at radius 2 is 2.05 bits per heavy atom. The molecule has 0 bridgehead atoms. The summed E-state index contributed by atoms with van der Waals surface area (Å²) in [6, 6.07) is 6.18. The maximum Gasteiger partial charge on any atom is 0.346 e. The molecule has 1 unspecified atom stereocenters. The van der Waals surface area contributed by atoms with Gasteiger partial charge in [0.2, 0.25) is 0 Å². The molecule has 0 spiro atoms. The topological polar surface area (TPSA) is 55.4 Å². The predicted molar refractivity (Wildman–Crippen MR) is 80.7 cm³/mol. The Morgan fingerprint density at radius 1 is 1.42 bits per heavy atom. The van der Waals surface area contributed by atoms with Crippen LogP contribution < -0.4 is 5.32 Å². The number of ether oxygens (including phenoxy) is 1. The molecule has 1 N–H and O–H groups in total. The van der Waals surface area contributed by atoms with Crippen LogP contribution in [-0.4, -0.2) is 28.7 Å². The lowest BCUT2D eigenvalue weighted by Crippen LogP contribution is -2.42. The standard InChI is InChI=1S/C13H15NO3S2/c1-8-5-3-4-6-10(8)12(15)17-13(16)11(7-18)14-9(2)19/h3-6,11,18H,7H2,1-2H3,(H,14,19). The van der Waals surface area contributed by atoms with Gasteiger partial charge in [0, 0.05) is 5.75 Å². The van der Waals surface area contributed by atoms with E-state index in [1.54, 1.807) is 32.0 Å². The summed E-state index contributed by atoms with van der Waals surface area (Å²) in [5, 5.41) is 2.73. The summed E-state index contributed by atoms with van der Waals surface area (Å²) in [5.41, 5.74) is 1.12. The zero-order valence-corrected chi connectivity index (χ0v) is 12.4. The van der Waals surface area contributed by atoms with E-state index in [9.17, 15) is 9.59 Å². The molecule has 102 valence electrons. The largest absolute Gasteiger partial charge is 0.388 e. The predicted octanol–water partition coefficient (Wildman–Crippen LogP) is 1.91. The monoisotopic (exact) mass is 297 g/mol. The van der Waals surface area contributed by atoms with E-state index in [0.29, 0.717) is 10.6 Å². The van der Waals surface area contributed by atoms with E-state index in [2.05, 4.69) is 17.9 Å². The molecule has 0 heterocycles. The quantitative estimate of drug-likeness (QED) is 0.385. The van der Waals surface area contributed by atoms with Crippen molar-refractivity contribution in [3.8, 4) is 0 Å². The number of thiol groups is 1. The van der Waals surface area contributed by atoms with Gasteiger partial charge in [0.25, 0.3) is 0 Å². The second-order valence-corrected chi connectivity index (χ2v) is 4.94. The first-order valence-corrected chi connectivity index (χ1v) is 6.69. The van der Waals surface area contributed by atoms with Gasteiger partial charge < -0.3 is 10.1 Å². The van der Waals surface area contributed by atoms with Gasteiger partial charge in [0.1, 0.15) is 6.04 Å². The van der Waals surface area contributed by atoms with Crippen LogP contribution in [0, 0.1) is 6.92 Å². The van der Waals surface area contributed by atoms with Crippen molar-refractivity contribution in [3.05, 3.63) is 35.4 Å². The minimum Gasteiger partial charge on any atom is -0.388 e. The summed E-state index contributed by atoms with van der Waals surface area (Å²) in [6.07, 6.45) is 0. The number of thiocarbonyl (C=S) groups is 1. The molecule has 19 heavy (non-hydrogen) atoms. The van der Waals surface area contributed by atoms with E-state index >= 15 is 0 Å². The molecule has 6 heteroatoms. The maximum atomic E-state index is 11.9. The maximum absolute atomic E-state index is 11.9. The minimum absolute atomic E-state index is 0.188. The number of carbonyl (C=O) groups is 2. The third-order valence-corrected chi connectivity index (χ3v) is 2.89. The first-order valence-electron chi connectivity index (χ1n) is 5.65. The van der Waals surface area contributed by atoms with Crippen molar-refractivity contribution in [2.24, 2.45) is 0 Å². The van der Waals surface area contributed by atoms with Crippen molar-refractivity contribution in [3.63, 3.8) is 0 Å². The summed E-state index contributed by atoms with van der Waals surface area (Å²) in [4.78, 5) is 24.1. The van der Waals surface area contributed by atoms with Gasteiger partial charge in [-0.1, -0.05) is 30.4 Å². The molecule has 0 fully saturated rings. The first-order chi connectivity index (χ1) is 8.95. The number of rotatable bonds is 4. The highest BCUT2D eigenvalue weighted by Gasteiger charge is 2.22. The van der Waals surface area contributed by atoms with Crippen LogP contribution in [0.1, 0.15) is 22.8 Å². The third kappa shape index (κ3) is 4.65. The minimum atomic E-state index is -0.728. The zero-order valence-electron chi connectivity index (χ0n) is 10.7. The number of benzene rings is 1. The molecule has 0 saturated heterocycles. The van der Waals surface area contributed by atoms with Crippen molar-refractivity contribution in [1.29, 1.82) is 0 Å². The molecule has 0 aliphatic carbocycles. The molecule has 0 aromatic heterocycles. The molecule has 0 saturated carbocycles.